The highest BCUT2D eigenvalue weighted by molar-refractivity contribution is 5.23. The topological polar surface area (TPSA) is 12.0 Å². The van der Waals surface area contributed by atoms with Crippen LogP contribution in [0.5, 0.6) is 0 Å². The molecule has 0 bridgehead atoms. The molecular formula is C13H19N. The van der Waals surface area contributed by atoms with Gasteiger partial charge in [0, 0.05) is 12.1 Å². The lowest BCUT2D eigenvalue weighted by molar-refractivity contribution is 0.313. The fourth-order valence-corrected chi connectivity index (χ4v) is 1.88. The third kappa shape index (κ3) is 2.16. The molecule has 0 amide bonds. The fraction of sp³-hybridized carbons (Fsp3) is 0.538. The van der Waals surface area contributed by atoms with Crippen molar-refractivity contribution in [3.8, 4) is 0 Å². The second-order valence-corrected chi connectivity index (χ2v) is 4.43. The number of hydrogen-bond acceptors (Lipinski definition) is 1. The van der Waals surface area contributed by atoms with Gasteiger partial charge in [0.15, 0.2) is 0 Å². The quantitative estimate of drug-likeness (QED) is 0.770. The minimum absolute atomic E-state index is 0.501. The molecule has 1 fully saturated rings. The highest BCUT2D eigenvalue weighted by atomic mass is 15.0. The van der Waals surface area contributed by atoms with Crippen LogP contribution in [-0.2, 0) is 0 Å². The largest absolute Gasteiger partial charge is 0.307 e. The summed E-state index contributed by atoms with van der Waals surface area (Å²) in [4.78, 5) is 0. The predicted octanol–water partition coefficient (Wildman–Crippen LogP) is 3.20. The van der Waals surface area contributed by atoms with Crippen molar-refractivity contribution in [1.29, 1.82) is 0 Å². The van der Waals surface area contributed by atoms with E-state index >= 15 is 0 Å². The number of benzene rings is 1. The number of aryl methyl sites for hydroxylation is 1. The van der Waals surface area contributed by atoms with Crippen LogP contribution in [0.3, 0.4) is 0 Å². The Morgan fingerprint density at radius 1 is 1.21 bits per heavy atom. The highest BCUT2D eigenvalue weighted by Gasteiger charge is 2.19. The molecule has 0 aromatic heterocycles. The van der Waals surface area contributed by atoms with E-state index in [-0.39, 0.29) is 0 Å². The smallest absolute Gasteiger partial charge is 0.0294 e. The van der Waals surface area contributed by atoms with Gasteiger partial charge in [0.05, 0.1) is 0 Å². The van der Waals surface area contributed by atoms with Gasteiger partial charge in [0.25, 0.3) is 0 Å². The second kappa shape index (κ2) is 4.14. The lowest BCUT2D eigenvalue weighted by Crippen LogP contribution is -2.36. The Kier molecular flexibility index (Phi) is 2.87. The van der Waals surface area contributed by atoms with Crippen molar-refractivity contribution in [1.82, 2.24) is 5.32 Å². The van der Waals surface area contributed by atoms with Crippen LogP contribution in [0.15, 0.2) is 24.3 Å². The summed E-state index contributed by atoms with van der Waals surface area (Å²) < 4.78 is 0. The summed E-state index contributed by atoms with van der Waals surface area (Å²) in [6.45, 7) is 4.39. The molecule has 0 aliphatic heterocycles. The van der Waals surface area contributed by atoms with E-state index in [4.69, 9.17) is 0 Å². The summed E-state index contributed by atoms with van der Waals surface area (Å²) in [7, 11) is 0. The monoisotopic (exact) mass is 189 g/mol. The maximum absolute atomic E-state index is 3.65. The first kappa shape index (κ1) is 9.72. The van der Waals surface area contributed by atoms with Gasteiger partial charge in [-0.25, -0.2) is 0 Å². The summed E-state index contributed by atoms with van der Waals surface area (Å²) in [6, 6.07) is 10.1. The molecule has 1 aromatic carbocycles. The SMILES string of the molecule is Cc1ccc([C@@H](C)NC2CCC2)cc1. The normalized spacial score (nSPS) is 19.0. The molecule has 1 nitrogen and oxygen atoms in total. The lowest BCUT2D eigenvalue weighted by Gasteiger charge is -2.30. The molecule has 76 valence electrons. The molecule has 2 rings (SSSR count). The molecule has 1 aromatic rings. The molecule has 14 heavy (non-hydrogen) atoms. The minimum Gasteiger partial charge on any atom is -0.307 e. The average Bonchev–Trinajstić information content (AvgIpc) is 2.12. The fourth-order valence-electron chi connectivity index (χ4n) is 1.88. The number of hydrogen-bond donors (Lipinski definition) is 1. The maximum Gasteiger partial charge on any atom is 0.0294 e. The Balaban J connectivity index is 1.95. The third-order valence-corrected chi connectivity index (χ3v) is 3.17. The van der Waals surface area contributed by atoms with Crippen LogP contribution in [0, 0.1) is 6.92 Å². The molecule has 1 aliphatic rings. The van der Waals surface area contributed by atoms with Crippen LogP contribution in [0.25, 0.3) is 0 Å². The maximum atomic E-state index is 3.65. The summed E-state index contributed by atoms with van der Waals surface area (Å²) in [5, 5.41) is 3.65. The van der Waals surface area contributed by atoms with Crippen molar-refractivity contribution in [2.24, 2.45) is 0 Å². The van der Waals surface area contributed by atoms with Gasteiger partial charge in [-0.1, -0.05) is 36.2 Å². The Hall–Kier alpha value is -0.820. The molecule has 0 radical (unpaired) electrons. The van der Waals surface area contributed by atoms with Crippen LogP contribution in [0.4, 0.5) is 0 Å². The van der Waals surface area contributed by atoms with E-state index in [0.29, 0.717) is 6.04 Å². The van der Waals surface area contributed by atoms with Crippen LogP contribution in [0.2, 0.25) is 0 Å². The summed E-state index contributed by atoms with van der Waals surface area (Å²) in [5.41, 5.74) is 2.74. The van der Waals surface area contributed by atoms with Gasteiger partial charge in [-0.3, -0.25) is 0 Å². The van der Waals surface area contributed by atoms with Gasteiger partial charge in [-0.15, -0.1) is 0 Å². The van der Waals surface area contributed by atoms with E-state index in [1.165, 1.54) is 30.4 Å². The Labute approximate surface area is 86.5 Å². The summed E-state index contributed by atoms with van der Waals surface area (Å²) in [5.74, 6) is 0. The molecule has 1 heteroatoms. The Morgan fingerprint density at radius 3 is 2.36 bits per heavy atom. The van der Waals surface area contributed by atoms with E-state index in [1.807, 2.05) is 0 Å². The van der Waals surface area contributed by atoms with Crippen molar-refractivity contribution in [3.05, 3.63) is 35.4 Å². The van der Waals surface area contributed by atoms with Crippen LogP contribution in [-0.4, -0.2) is 6.04 Å². The zero-order valence-corrected chi connectivity index (χ0v) is 9.09. The van der Waals surface area contributed by atoms with Crippen molar-refractivity contribution in [2.75, 3.05) is 0 Å². The van der Waals surface area contributed by atoms with Gasteiger partial charge < -0.3 is 5.32 Å². The van der Waals surface area contributed by atoms with Gasteiger partial charge in [0.2, 0.25) is 0 Å². The predicted molar refractivity (Wildman–Crippen MR) is 60.4 cm³/mol. The first-order valence-corrected chi connectivity index (χ1v) is 5.58. The molecule has 1 N–H and O–H groups in total. The van der Waals surface area contributed by atoms with Crippen LogP contribution in [0.1, 0.15) is 43.4 Å². The molecule has 0 saturated heterocycles. The van der Waals surface area contributed by atoms with Gasteiger partial charge in [0.1, 0.15) is 0 Å². The molecule has 0 spiro atoms. The van der Waals surface area contributed by atoms with E-state index in [1.54, 1.807) is 0 Å². The van der Waals surface area contributed by atoms with Crippen LogP contribution >= 0.6 is 0 Å². The lowest BCUT2D eigenvalue weighted by atomic mass is 9.92. The standard InChI is InChI=1S/C13H19N/c1-10-6-8-12(9-7-10)11(2)14-13-4-3-5-13/h6-9,11,13-14H,3-5H2,1-2H3/t11-/m1/s1. The zero-order chi connectivity index (χ0) is 9.97. The minimum atomic E-state index is 0.501. The molecule has 0 heterocycles. The van der Waals surface area contributed by atoms with E-state index in [9.17, 15) is 0 Å². The van der Waals surface area contributed by atoms with Crippen molar-refractivity contribution < 1.29 is 0 Å². The summed E-state index contributed by atoms with van der Waals surface area (Å²) in [6.07, 6.45) is 4.12. The second-order valence-electron chi connectivity index (χ2n) is 4.43. The Bertz CT molecular complexity index is 285. The van der Waals surface area contributed by atoms with Crippen molar-refractivity contribution >= 4 is 0 Å². The number of rotatable bonds is 3. The van der Waals surface area contributed by atoms with Gasteiger partial charge in [-0.2, -0.15) is 0 Å². The first-order valence-electron chi connectivity index (χ1n) is 5.58. The van der Waals surface area contributed by atoms with Gasteiger partial charge >= 0.3 is 0 Å². The third-order valence-electron chi connectivity index (χ3n) is 3.17. The number of nitrogens with one attached hydrogen (secondary N) is 1. The van der Waals surface area contributed by atoms with E-state index in [0.717, 1.165) is 6.04 Å². The molecule has 0 unspecified atom stereocenters. The summed E-state index contributed by atoms with van der Waals surface area (Å²) >= 11 is 0. The molecule has 1 aliphatic carbocycles. The highest BCUT2D eigenvalue weighted by Crippen LogP contribution is 2.22. The van der Waals surface area contributed by atoms with Crippen molar-refractivity contribution in [2.45, 2.75) is 45.2 Å². The molecular weight excluding hydrogens is 170 g/mol. The molecule has 1 saturated carbocycles. The Morgan fingerprint density at radius 2 is 1.86 bits per heavy atom. The van der Waals surface area contributed by atoms with Crippen molar-refractivity contribution in [3.63, 3.8) is 0 Å². The average molecular weight is 189 g/mol. The van der Waals surface area contributed by atoms with Gasteiger partial charge in [-0.05, 0) is 32.3 Å². The van der Waals surface area contributed by atoms with Crippen LogP contribution < -0.4 is 5.32 Å². The first-order chi connectivity index (χ1) is 6.75. The molecule has 1 atom stereocenters. The zero-order valence-electron chi connectivity index (χ0n) is 9.09. The van der Waals surface area contributed by atoms with E-state index in [2.05, 4.69) is 43.4 Å². The van der Waals surface area contributed by atoms with E-state index < -0.39 is 0 Å².